The molecule has 0 aliphatic rings. The van der Waals surface area contributed by atoms with E-state index in [1.54, 1.807) is 14.2 Å². The molecule has 0 fully saturated rings. The summed E-state index contributed by atoms with van der Waals surface area (Å²) < 4.78 is 16.2. The number of ether oxygens (including phenoxy) is 3. The summed E-state index contributed by atoms with van der Waals surface area (Å²) in [6.45, 7) is 7.39. The van der Waals surface area contributed by atoms with Gasteiger partial charge in [0.25, 0.3) is 0 Å². The second-order valence-electron chi connectivity index (χ2n) is 7.51. The number of rotatable bonds is 14. The van der Waals surface area contributed by atoms with E-state index in [9.17, 15) is 0 Å². The summed E-state index contributed by atoms with van der Waals surface area (Å²) in [7, 11) is 5.47. The van der Waals surface area contributed by atoms with Crippen LogP contribution in [0.3, 0.4) is 0 Å². The van der Waals surface area contributed by atoms with Crippen molar-refractivity contribution in [2.45, 2.75) is 19.9 Å². The van der Waals surface area contributed by atoms with Gasteiger partial charge in [-0.15, -0.1) is 24.0 Å². The first-order valence-electron chi connectivity index (χ1n) is 11.2. The Morgan fingerprint density at radius 2 is 1.70 bits per heavy atom. The maximum atomic E-state index is 5.91. The van der Waals surface area contributed by atoms with Gasteiger partial charge in [-0.3, -0.25) is 0 Å². The number of hydrogen-bond donors (Lipinski definition) is 2. The highest BCUT2D eigenvalue weighted by molar-refractivity contribution is 14.0. The van der Waals surface area contributed by atoms with Crippen LogP contribution in [0.2, 0.25) is 0 Å². The summed E-state index contributed by atoms with van der Waals surface area (Å²) in [6, 6.07) is 16.3. The van der Waals surface area contributed by atoms with Crippen LogP contribution in [0.4, 0.5) is 0 Å². The summed E-state index contributed by atoms with van der Waals surface area (Å²) in [5.41, 5.74) is 2.37. The van der Waals surface area contributed by atoms with Crippen molar-refractivity contribution in [2.75, 3.05) is 60.7 Å². The van der Waals surface area contributed by atoms with Gasteiger partial charge in [-0.1, -0.05) is 24.3 Å². The molecule has 0 bridgehead atoms. The maximum absolute atomic E-state index is 5.91. The number of methoxy groups -OCH3 is 2. The SMILES string of the molecule is CCNC(=NCc1cccc(OCCN(C)CCOC)c1)NCCc1ccc(OC)cc1.I. The molecule has 2 N–H and O–H groups in total. The van der Waals surface area contributed by atoms with Gasteiger partial charge in [0.05, 0.1) is 20.3 Å². The molecule has 2 rings (SSSR count). The van der Waals surface area contributed by atoms with Crippen molar-refractivity contribution < 1.29 is 14.2 Å². The molecular formula is C25H39IN4O3. The molecule has 0 radical (unpaired) electrons. The van der Waals surface area contributed by atoms with Gasteiger partial charge in [-0.2, -0.15) is 0 Å². The number of nitrogens with zero attached hydrogens (tertiary/aromatic N) is 2. The lowest BCUT2D eigenvalue weighted by Gasteiger charge is -2.16. The minimum absolute atomic E-state index is 0. The monoisotopic (exact) mass is 570 g/mol. The predicted molar refractivity (Wildman–Crippen MR) is 146 cm³/mol. The van der Waals surface area contributed by atoms with E-state index < -0.39 is 0 Å². The molecule has 2 aromatic carbocycles. The number of hydrogen-bond acceptors (Lipinski definition) is 5. The van der Waals surface area contributed by atoms with E-state index in [1.807, 2.05) is 24.3 Å². The second kappa shape index (κ2) is 17.4. The van der Waals surface area contributed by atoms with E-state index in [-0.39, 0.29) is 24.0 Å². The van der Waals surface area contributed by atoms with Crippen LogP contribution in [-0.4, -0.2) is 71.5 Å². The first kappa shape index (κ1) is 29.0. The third kappa shape index (κ3) is 12.1. The molecule has 0 aliphatic heterocycles. The minimum atomic E-state index is 0. The molecule has 184 valence electrons. The Morgan fingerprint density at radius 1 is 0.939 bits per heavy atom. The van der Waals surface area contributed by atoms with E-state index in [4.69, 9.17) is 19.2 Å². The zero-order valence-corrected chi connectivity index (χ0v) is 22.6. The normalized spacial score (nSPS) is 11.1. The molecule has 0 saturated heterocycles. The molecule has 8 heteroatoms. The Hall–Kier alpha value is -2.04. The fourth-order valence-electron chi connectivity index (χ4n) is 3.04. The van der Waals surface area contributed by atoms with E-state index in [0.29, 0.717) is 13.2 Å². The minimum Gasteiger partial charge on any atom is -0.497 e. The molecular weight excluding hydrogens is 531 g/mol. The van der Waals surface area contributed by atoms with Crippen LogP contribution in [0, 0.1) is 0 Å². The highest BCUT2D eigenvalue weighted by Gasteiger charge is 2.02. The van der Waals surface area contributed by atoms with Crippen molar-refractivity contribution in [1.82, 2.24) is 15.5 Å². The lowest BCUT2D eigenvalue weighted by molar-refractivity contribution is 0.150. The lowest BCUT2D eigenvalue weighted by Crippen LogP contribution is -2.38. The van der Waals surface area contributed by atoms with Crippen molar-refractivity contribution in [3.05, 3.63) is 59.7 Å². The zero-order chi connectivity index (χ0) is 23.0. The smallest absolute Gasteiger partial charge is 0.191 e. The fourth-order valence-corrected chi connectivity index (χ4v) is 3.04. The highest BCUT2D eigenvalue weighted by atomic mass is 127. The third-order valence-corrected chi connectivity index (χ3v) is 4.95. The Balaban J connectivity index is 0.00000544. The van der Waals surface area contributed by atoms with Crippen LogP contribution in [0.1, 0.15) is 18.1 Å². The van der Waals surface area contributed by atoms with Crippen molar-refractivity contribution in [2.24, 2.45) is 4.99 Å². The third-order valence-electron chi connectivity index (χ3n) is 4.95. The van der Waals surface area contributed by atoms with Crippen molar-refractivity contribution in [3.63, 3.8) is 0 Å². The lowest BCUT2D eigenvalue weighted by atomic mass is 10.1. The van der Waals surface area contributed by atoms with Crippen LogP contribution in [0.15, 0.2) is 53.5 Å². The van der Waals surface area contributed by atoms with Gasteiger partial charge in [-0.25, -0.2) is 4.99 Å². The molecule has 0 atom stereocenters. The van der Waals surface area contributed by atoms with Gasteiger partial charge in [0.15, 0.2) is 5.96 Å². The van der Waals surface area contributed by atoms with E-state index in [2.05, 4.69) is 53.8 Å². The van der Waals surface area contributed by atoms with Crippen molar-refractivity contribution in [3.8, 4) is 11.5 Å². The Morgan fingerprint density at radius 3 is 2.39 bits per heavy atom. The van der Waals surface area contributed by atoms with Gasteiger partial charge in [0, 0.05) is 33.3 Å². The Bertz CT molecular complexity index is 802. The summed E-state index contributed by atoms with van der Waals surface area (Å²) in [5.74, 6) is 2.56. The molecule has 33 heavy (non-hydrogen) atoms. The molecule has 0 aliphatic carbocycles. The summed E-state index contributed by atoms with van der Waals surface area (Å²) in [5, 5.41) is 6.71. The molecule has 0 saturated carbocycles. The van der Waals surface area contributed by atoms with Crippen LogP contribution in [-0.2, 0) is 17.7 Å². The first-order chi connectivity index (χ1) is 15.6. The first-order valence-corrected chi connectivity index (χ1v) is 11.2. The topological polar surface area (TPSA) is 67.4 Å². The summed E-state index contributed by atoms with van der Waals surface area (Å²) >= 11 is 0. The molecule has 0 aromatic heterocycles. The number of benzene rings is 2. The molecule has 0 amide bonds. The molecule has 0 spiro atoms. The number of aliphatic imine (C=N–C) groups is 1. The Labute approximate surface area is 215 Å². The van der Waals surface area contributed by atoms with Gasteiger partial charge >= 0.3 is 0 Å². The average molecular weight is 571 g/mol. The highest BCUT2D eigenvalue weighted by Crippen LogP contribution is 2.14. The predicted octanol–water partition coefficient (Wildman–Crippen LogP) is 3.57. The van der Waals surface area contributed by atoms with Crippen LogP contribution < -0.4 is 20.1 Å². The maximum Gasteiger partial charge on any atom is 0.191 e. The zero-order valence-electron chi connectivity index (χ0n) is 20.3. The number of nitrogens with one attached hydrogen (secondary N) is 2. The van der Waals surface area contributed by atoms with E-state index in [0.717, 1.165) is 62.2 Å². The summed E-state index contributed by atoms with van der Waals surface area (Å²) in [6.07, 6.45) is 0.913. The van der Waals surface area contributed by atoms with Crippen molar-refractivity contribution in [1.29, 1.82) is 0 Å². The molecule has 0 heterocycles. The van der Waals surface area contributed by atoms with Crippen LogP contribution in [0.5, 0.6) is 11.5 Å². The van der Waals surface area contributed by atoms with Gasteiger partial charge in [-0.05, 0) is 55.8 Å². The molecule has 0 unspecified atom stereocenters. The molecule has 7 nitrogen and oxygen atoms in total. The number of likely N-dealkylation sites (N-methyl/N-ethyl adjacent to an activating group) is 1. The Kier molecular flexibility index (Phi) is 15.3. The quantitative estimate of drug-likeness (QED) is 0.206. The second-order valence-corrected chi connectivity index (χ2v) is 7.51. The number of guanidine groups is 1. The molecule has 2 aromatic rings. The van der Waals surface area contributed by atoms with E-state index in [1.165, 1.54) is 5.56 Å². The van der Waals surface area contributed by atoms with Gasteiger partial charge in [0.1, 0.15) is 18.1 Å². The van der Waals surface area contributed by atoms with Crippen molar-refractivity contribution >= 4 is 29.9 Å². The van der Waals surface area contributed by atoms with Gasteiger partial charge in [0.2, 0.25) is 0 Å². The van der Waals surface area contributed by atoms with Crippen LogP contribution >= 0.6 is 24.0 Å². The largest absolute Gasteiger partial charge is 0.497 e. The van der Waals surface area contributed by atoms with Crippen LogP contribution in [0.25, 0.3) is 0 Å². The fraction of sp³-hybridized carbons (Fsp3) is 0.480. The van der Waals surface area contributed by atoms with Gasteiger partial charge < -0.3 is 29.7 Å². The number of halogens is 1. The summed E-state index contributed by atoms with van der Waals surface area (Å²) in [4.78, 5) is 6.91. The standard InChI is InChI=1S/C25H38N4O3.HI/c1-5-26-25(27-14-13-21-9-11-23(31-4)12-10-21)28-20-22-7-6-8-24(19-22)32-18-16-29(2)15-17-30-3;/h6-12,19H,5,13-18,20H2,1-4H3,(H2,26,27,28);1H. The average Bonchev–Trinajstić information content (AvgIpc) is 2.82. The van der Waals surface area contributed by atoms with E-state index >= 15 is 0 Å².